The van der Waals surface area contributed by atoms with Crippen molar-refractivity contribution in [2.45, 2.75) is 0 Å². The first-order chi connectivity index (χ1) is 6.07. The molecule has 0 saturated heterocycles. The van der Waals surface area contributed by atoms with Gasteiger partial charge in [-0.3, -0.25) is 9.59 Å². The van der Waals surface area contributed by atoms with Crippen molar-refractivity contribution in [1.82, 2.24) is 10.2 Å². The molecule has 0 rings (SSSR count). The van der Waals surface area contributed by atoms with Gasteiger partial charge in [0.25, 0.3) is 0 Å². The van der Waals surface area contributed by atoms with Gasteiger partial charge in [-0.15, -0.1) is 0 Å². The molecule has 0 aromatic rings. The first-order valence-electron chi connectivity index (χ1n) is 3.95. The summed E-state index contributed by atoms with van der Waals surface area (Å²) < 4.78 is 0. The Kier molecular flexibility index (Phi) is 5.82. The molecule has 0 heterocycles. The number of rotatable bonds is 5. The zero-order chi connectivity index (χ0) is 10.3. The van der Waals surface area contributed by atoms with Crippen LogP contribution in [0.2, 0.25) is 0 Å². The second-order valence-corrected chi connectivity index (χ2v) is 2.65. The molecular formula is C7H15N3O3. The number of aliphatic hydroxyl groups is 1. The number of hydrogen-bond donors (Lipinski definition) is 3. The predicted molar refractivity (Wildman–Crippen MR) is 46.8 cm³/mol. The Morgan fingerprint density at radius 1 is 1.46 bits per heavy atom. The van der Waals surface area contributed by atoms with Gasteiger partial charge in [-0.2, -0.15) is 0 Å². The highest BCUT2D eigenvalue weighted by molar-refractivity contribution is 6.34. The SMILES string of the molecule is CN(CCO)CCNC(=O)C(N)=O. The number of carbonyl (C=O) groups is 2. The lowest BCUT2D eigenvalue weighted by Gasteiger charge is -2.14. The molecular weight excluding hydrogens is 174 g/mol. The fourth-order valence-corrected chi connectivity index (χ4v) is 0.730. The summed E-state index contributed by atoms with van der Waals surface area (Å²) in [5.74, 6) is -1.76. The van der Waals surface area contributed by atoms with Crippen LogP contribution in [-0.4, -0.2) is 55.1 Å². The zero-order valence-electron chi connectivity index (χ0n) is 7.62. The van der Waals surface area contributed by atoms with E-state index >= 15 is 0 Å². The molecule has 0 aliphatic rings. The number of nitrogens with two attached hydrogens (primary N) is 1. The van der Waals surface area contributed by atoms with E-state index < -0.39 is 11.8 Å². The first-order valence-corrected chi connectivity index (χ1v) is 3.95. The molecule has 0 bridgehead atoms. The maximum atomic E-state index is 10.6. The largest absolute Gasteiger partial charge is 0.395 e. The van der Waals surface area contributed by atoms with E-state index in [9.17, 15) is 9.59 Å². The Balaban J connectivity index is 3.44. The summed E-state index contributed by atoms with van der Waals surface area (Å²) in [7, 11) is 1.80. The quantitative estimate of drug-likeness (QED) is 0.417. The van der Waals surface area contributed by atoms with Crippen molar-refractivity contribution in [2.24, 2.45) is 5.73 Å². The van der Waals surface area contributed by atoms with Crippen LogP contribution in [0.3, 0.4) is 0 Å². The molecule has 0 spiro atoms. The second-order valence-electron chi connectivity index (χ2n) is 2.65. The highest BCUT2D eigenvalue weighted by Gasteiger charge is 2.06. The minimum atomic E-state index is -0.982. The van der Waals surface area contributed by atoms with Crippen LogP contribution in [0.5, 0.6) is 0 Å². The molecule has 0 radical (unpaired) electrons. The molecule has 6 heteroatoms. The third kappa shape index (κ3) is 6.06. The van der Waals surface area contributed by atoms with Crippen LogP contribution in [0.15, 0.2) is 0 Å². The van der Waals surface area contributed by atoms with Gasteiger partial charge in [0.15, 0.2) is 0 Å². The predicted octanol–water partition coefficient (Wildman–Crippen LogP) is -2.49. The Bertz CT molecular complexity index is 184. The molecule has 0 aliphatic heterocycles. The highest BCUT2D eigenvalue weighted by Crippen LogP contribution is 1.78. The van der Waals surface area contributed by atoms with Crippen LogP contribution in [0.25, 0.3) is 0 Å². The van der Waals surface area contributed by atoms with Crippen molar-refractivity contribution in [1.29, 1.82) is 0 Å². The van der Waals surface area contributed by atoms with Crippen molar-refractivity contribution in [2.75, 3.05) is 33.3 Å². The van der Waals surface area contributed by atoms with Crippen molar-refractivity contribution in [3.63, 3.8) is 0 Å². The maximum absolute atomic E-state index is 10.6. The number of primary amides is 1. The second kappa shape index (κ2) is 6.38. The molecule has 0 saturated carbocycles. The van der Waals surface area contributed by atoms with Crippen LogP contribution < -0.4 is 11.1 Å². The topological polar surface area (TPSA) is 95.7 Å². The van der Waals surface area contributed by atoms with Crippen LogP contribution in [0.4, 0.5) is 0 Å². The summed E-state index contributed by atoms with van der Waals surface area (Å²) >= 11 is 0. The summed E-state index contributed by atoms with van der Waals surface area (Å²) in [6.45, 7) is 1.52. The van der Waals surface area contributed by atoms with Crippen molar-refractivity contribution >= 4 is 11.8 Å². The molecule has 0 aliphatic carbocycles. The standard InChI is InChI=1S/C7H15N3O3/c1-10(4-5-11)3-2-9-7(13)6(8)12/h11H,2-5H2,1H3,(H2,8,12)(H,9,13). The number of hydrogen-bond acceptors (Lipinski definition) is 4. The molecule has 76 valence electrons. The van der Waals surface area contributed by atoms with Gasteiger partial charge in [0, 0.05) is 19.6 Å². The van der Waals surface area contributed by atoms with E-state index in [0.29, 0.717) is 19.6 Å². The average molecular weight is 189 g/mol. The fraction of sp³-hybridized carbons (Fsp3) is 0.714. The molecule has 2 amide bonds. The highest BCUT2D eigenvalue weighted by atomic mass is 16.3. The minimum absolute atomic E-state index is 0.0697. The number of carbonyl (C=O) groups excluding carboxylic acids is 2. The van der Waals surface area contributed by atoms with Gasteiger partial charge < -0.3 is 21.1 Å². The summed E-state index contributed by atoms with van der Waals surface area (Å²) in [6, 6.07) is 0. The van der Waals surface area contributed by atoms with Gasteiger partial charge in [-0.05, 0) is 7.05 Å². The Morgan fingerprint density at radius 3 is 2.54 bits per heavy atom. The Labute approximate surface area is 76.7 Å². The van der Waals surface area contributed by atoms with E-state index in [1.165, 1.54) is 0 Å². The van der Waals surface area contributed by atoms with Gasteiger partial charge >= 0.3 is 11.8 Å². The molecule has 0 aromatic carbocycles. The third-order valence-electron chi connectivity index (χ3n) is 1.48. The minimum Gasteiger partial charge on any atom is -0.395 e. The van der Waals surface area contributed by atoms with Gasteiger partial charge in [-0.25, -0.2) is 0 Å². The summed E-state index contributed by atoms with van der Waals surface area (Å²) in [4.78, 5) is 22.7. The number of nitrogens with one attached hydrogen (secondary N) is 1. The summed E-state index contributed by atoms with van der Waals surface area (Å²) in [5, 5.41) is 10.9. The van der Waals surface area contributed by atoms with Gasteiger partial charge in [-0.1, -0.05) is 0 Å². The van der Waals surface area contributed by atoms with E-state index in [2.05, 4.69) is 5.32 Å². The van der Waals surface area contributed by atoms with Crippen LogP contribution in [0.1, 0.15) is 0 Å². The fourth-order valence-electron chi connectivity index (χ4n) is 0.730. The molecule has 0 unspecified atom stereocenters. The molecule has 0 fully saturated rings. The lowest BCUT2D eigenvalue weighted by atomic mass is 10.5. The van der Waals surface area contributed by atoms with Crippen LogP contribution in [0, 0.1) is 0 Å². The number of aliphatic hydroxyl groups excluding tert-OH is 1. The van der Waals surface area contributed by atoms with E-state index in [1.807, 2.05) is 4.90 Å². The van der Waals surface area contributed by atoms with Crippen molar-refractivity contribution < 1.29 is 14.7 Å². The normalized spacial score (nSPS) is 10.1. The van der Waals surface area contributed by atoms with E-state index in [1.54, 1.807) is 7.05 Å². The van der Waals surface area contributed by atoms with E-state index in [-0.39, 0.29) is 6.61 Å². The molecule has 0 aromatic heterocycles. The Morgan fingerprint density at radius 2 is 2.08 bits per heavy atom. The molecule has 4 N–H and O–H groups in total. The lowest BCUT2D eigenvalue weighted by molar-refractivity contribution is -0.137. The van der Waals surface area contributed by atoms with E-state index in [0.717, 1.165) is 0 Å². The maximum Gasteiger partial charge on any atom is 0.309 e. The van der Waals surface area contributed by atoms with Crippen molar-refractivity contribution in [3.8, 4) is 0 Å². The summed E-state index contributed by atoms with van der Waals surface area (Å²) in [6.07, 6.45) is 0. The molecule has 13 heavy (non-hydrogen) atoms. The van der Waals surface area contributed by atoms with Gasteiger partial charge in [0.05, 0.1) is 6.61 Å². The van der Waals surface area contributed by atoms with Crippen LogP contribution in [-0.2, 0) is 9.59 Å². The van der Waals surface area contributed by atoms with Gasteiger partial charge in [0.1, 0.15) is 0 Å². The number of likely N-dealkylation sites (N-methyl/N-ethyl adjacent to an activating group) is 1. The first kappa shape index (κ1) is 11.9. The van der Waals surface area contributed by atoms with Crippen LogP contribution >= 0.6 is 0 Å². The molecule has 6 nitrogen and oxygen atoms in total. The van der Waals surface area contributed by atoms with Crippen molar-refractivity contribution in [3.05, 3.63) is 0 Å². The molecule has 0 atom stereocenters. The Hall–Kier alpha value is -1.14. The monoisotopic (exact) mass is 189 g/mol. The number of amides is 2. The van der Waals surface area contributed by atoms with E-state index in [4.69, 9.17) is 10.8 Å². The zero-order valence-corrected chi connectivity index (χ0v) is 7.62. The third-order valence-corrected chi connectivity index (χ3v) is 1.48. The number of nitrogens with zero attached hydrogens (tertiary/aromatic N) is 1. The smallest absolute Gasteiger partial charge is 0.309 e. The average Bonchev–Trinajstić information content (AvgIpc) is 2.04. The van der Waals surface area contributed by atoms with Gasteiger partial charge in [0.2, 0.25) is 0 Å². The summed E-state index contributed by atoms with van der Waals surface area (Å²) in [5.41, 5.74) is 4.71. The lowest BCUT2D eigenvalue weighted by Crippen LogP contribution is -2.40.